The van der Waals surface area contributed by atoms with E-state index in [2.05, 4.69) is 29.7 Å². The number of nitrogens with one attached hydrogen (secondary N) is 2. The van der Waals surface area contributed by atoms with Gasteiger partial charge in [-0.3, -0.25) is 4.79 Å². The predicted molar refractivity (Wildman–Crippen MR) is 103 cm³/mol. The first kappa shape index (κ1) is 18.3. The van der Waals surface area contributed by atoms with Crippen LogP contribution in [-0.4, -0.2) is 18.6 Å². The molecular weight excluding hydrogens is 328 g/mol. The Hall–Kier alpha value is -2.53. The second-order valence-corrected chi connectivity index (χ2v) is 6.61. The molecule has 0 unspecified atom stereocenters. The molecule has 0 aliphatic carbocycles. The van der Waals surface area contributed by atoms with Crippen molar-refractivity contribution in [1.82, 2.24) is 5.32 Å². The number of hydrogen-bond acceptors (Lipinski definition) is 4. The topological polar surface area (TPSA) is 59.6 Å². The van der Waals surface area contributed by atoms with Gasteiger partial charge >= 0.3 is 0 Å². The lowest BCUT2D eigenvalue weighted by Gasteiger charge is -2.13. The first-order valence-electron chi connectivity index (χ1n) is 9.07. The van der Waals surface area contributed by atoms with Crippen molar-refractivity contribution in [1.29, 1.82) is 0 Å². The zero-order valence-electron chi connectivity index (χ0n) is 15.6. The molecular formula is C21H26N2O3. The Morgan fingerprint density at radius 1 is 1.23 bits per heavy atom. The molecule has 0 radical (unpaired) electrons. The third-order valence-corrected chi connectivity index (χ3v) is 4.30. The van der Waals surface area contributed by atoms with Crippen molar-refractivity contribution >= 4 is 11.6 Å². The molecule has 1 amide bonds. The summed E-state index contributed by atoms with van der Waals surface area (Å²) in [5.74, 6) is 1.84. The number of carbonyl (C=O) groups excluding carboxylic acids is 1. The number of carbonyl (C=O) groups is 1. The zero-order valence-corrected chi connectivity index (χ0v) is 15.6. The number of hydrogen-bond donors (Lipinski definition) is 2. The second kappa shape index (κ2) is 8.23. The molecule has 2 N–H and O–H groups in total. The first-order chi connectivity index (χ1) is 12.5. The molecule has 0 aromatic heterocycles. The van der Waals surface area contributed by atoms with Crippen LogP contribution in [0.4, 0.5) is 5.69 Å². The maximum atomic E-state index is 11.1. The fraction of sp³-hybridized carbons (Fsp3) is 0.381. The summed E-state index contributed by atoms with van der Waals surface area (Å²) in [7, 11) is 0. The normalized spacial score (nSPS) is 15.3. The monoisotopic (exact) mass is 354 g/mol. The second-order valence-electron chi connectivity index (χ2n) is 6.61. The standard InChI is InChI=1S/C21H26N2O3/c1-4-25-20-10-17-9-14(2)26-21(17)11-18(20)13-22-12-16-5-7-19(8-6-16)23-15(3)24/h5-8,10-11,14,22H,4,9,12-13H2,1-3H3,(H,23,24)/t14-/m0/s1. The van der Waals surface area contributed by atoms with Crippen molar-refractivity contribution in [3.63, 3.8) is 0 Å². The van der Waals surface area contributed by atoms with E-state index < -0.39 is 0 Å². The molecule has 0 saturated carbocycles. The molecule has 138 valence electrons. The third-order valence-electron chi connectivity index (χ3n) is 4.30. The SMILES string of the molecule is CCOc1cc2c(cc1CNCc1ccc(NC(C)=O)cc1)O[C@@H](C)C2. The zero-order chi connectivity index (χ0) is 18.5. The molecule has 0 fully saturated rings. The van der Waals surface area contributed by atoms with Gasteiger partial charge in [-0.15, -0.1) is 0 Å². The fourth-order valence-corrected chi connectivity index (χ4v) is 3.16. The average molecular weight is 354 g/mol. The molecule has 26 heavy (non-hydrogen) atoms. The third kappa shape index (κ3) is 4.55. The molecule has 2 aromatic carbocycles. The van der Waals surface area contributed by atoms with Gasteiger partial charge in [0.05, 0.1) is 6.61 Å². The van der Waals surface area contributed by atoms with Crippen molar-refractivity contribution in [2.75, 3.05) is 11.9 Å². The molecule has 2 aromatic rings. The van der Waals surface area contributed by atoms with Crippen molar-refractivity contribution in [3.05, 3.63) is 53.1 Å². The van der Waals surface area contributed by atoms with Crippen LogP contribution in [0.5, 0.6) is 11.5 Å². The highest BCUT2D eigenvalue weighted by Gasteiger charge is 2.21. The maximum absolute atomic E-state index is 11.1. The summed E-state index contributed by atoms with van der Waals surface area (Å²) in [6.45, 7) is 7.68. The molecule has 1 heterocycles. The Morgan fingerprint density at radius 3 is 2.69 bits per heavy atom. The summed E-state index contributed by atoms with van der Waals surface area (Å²) in [5, 5.41) is 6.23. The van der Waals surface area contributed by atoms with Gasteiger partial charge in [0.25, 0.3) is 0 Å². The van der Waals surface area contributed by atoms with Gasteiger partial charge in [0.1, 0.15) is 17.6 Å². The molecule has 0 spiro atoms. The number of ether oxygens (including phenoxy) is 2. The predicted octanol–water partition coefficient (Wildman–Crippen LogP) is 3.66. The Bertz CT molecular complexity index is 772. The number of amides is 1. The Balaban J connectivity index is 1.62. The summed E-state index contributed by atoms with van der Waals surface area (Å²) < 4.78 is 11.7. The van der Waals surface area contributed by atoms with Crippen LogP contribution < -0.4 is 20.1 Å². The lowest BCUT2D eigenvalue weighted by atomic mass is 10.1. The molecule has 5 nitrogen and oxygen atoms in total. The van der Waals surface area contributed by atoms with E-state index in [1.54, 1.807) is 0 Å². The van der Waals surface area contributed by atoms with Crippen molar-refractivity contribution in [2.24, 2.45) is 0 Å². The van der Waals surface area contributed by atoms with Gasteiger partial charge in [0.15, 0.2) is 0 Å². The molecule has 5 heteroatoms. The average Bonchev–Trinajstić information content (AvgIpc) is 2.95. The van der Waals surface area contributed by atoms with Crippen LogP contribution >= 0.6 is 0 Å². The van der Waals surface area contributed by atoms with Crippen LogP contribution in [-0.2, 0) is 24.3 Å². The molecule has 1 aliphatic rings. The highest BCUT2D eigenvalue weighted by Crippen LogP contribution is 2.35. The summed E-state index contributed by atoms with van der Waals surface area (Å²) in [4.78, 5) is 11.1. The molecule has 3 rings (SSSR count). The molecule has 1 atom stereocenters. The Labute approximate surface area is 154 Å². The smallest absolute Gasteiger partial charge is 0.221 e. The van der Waals surface area contributed by atoms with Crippen LogP contribution in [0.3, 0.4) is 0 Å². The van der Waals surface area contributed by atoms with Crippen molar-refractivity contribution in [3.8, 4) is 11.5 Å². The highest BCUT2D eigenvalue weighted by molar-refractivity contribution is 5.88. The van der Waals surface area contributed by atoms with Crippen LogP contribution in [0.15, 0.2) is 36.4 Å². The molecule has 0 saturated heterocycles. The van der Waals surface area contributed by atoms with Gasteiger partial charge in [-0.05, 0) is 43.7 Å². The van der Waals surface area contributed by atoms with Gasteiger partial charge in [-0.1, -0.05) is 12.1 Å². The summed E-state index contributed by atoms with van der Waals surface area (Å²) in [6.07, 6.45) is 1.16. The van der Waals surface area contributed by atoms with E-state index in [1.807, 2.05) is 31.2 Å². The highest BCUT2D eigenvalue weighted by atomic mass is 16.5. The number of anilines is 1. The van der Waals surface area contributed by atoms with Gasteiger partial charge in [-0.2, -0.15) is 0 Å². The minimum Gasteiger partial charge on any atom is -0.494 e. The van der Waals surface area contributed by atoms with Crippen LogP contribution in [0.25, 0.3) is 0 Å². The summed E-state index contributed by atoms with van der Waals surface area (Å²) >= 11 is 0. The van der Waals surface area contributed by atoms with E-state index in [0.717, 1.165) is 41.3 Å². The number of rotatable bonds is 7. The van der Waals surface area contributed by atoms with Gasteiger partial charge in [-0.25, -0.2) is 0 Å². The minimum atomic E-state index is -0.0625. The molecule has 0 bridgehead atoms. The summed E-state index contributed by atoms with van der Waals surface area (Å²) in [6, 6.07) is 12.0. The van der Waals surface area contributed by atoms with Crippen LogP contribution in [0.1, 0.15) is 37.5 Å². The van der Waals surface area contributed by atoms with Crippen molar-refractivity contribution < 1.29 is 14.3 Å². The number of benzene rings is 2. The largest absolute Gasteiger partial charge is 0.494 e. The Kier molecular flexibility index (Phi) is 5.78. The van der Waals surface area contributed by atoms with E-state index >= 15 is 0 Å². The number of fused-ring (bicyclic) bond motifs is 1. The fourth-order valence-electron chi connectivity index (χ4n) is 3.16. The lowest BCUT2D eigenvalue weighted by Crippen LogP contribution is -2.14. The molecule has 1 aliphatic heterocycles. The van der Waals surface area contributed by atoms with Crippen LogP contribution in [0.2, 0.25) is 0 Å². The van der Waals surface area contributed by atoms with E-state index in [1.165, 1.54) is 12.5 Å². The van der Waals surface area contributed by atoms with E-state index in [-0.39, 0.29) is 12.0 Å². The quantitative estimate of drug-likeness (QED) is 0.797. The van der Waals surface area contributed by atoms with Crippen molar-refractivity contribution in [2.45, 2.75) is 46.4 Å². The minimum absolute atomic E-state index is 0.0625. The first-order valence-corrected chi connectivity index (χ1v) is 9.07. The van der Waals surface area contributed by atoms with E-state index in [0.29, 0.717) is 13.2 Å². The van der Waals surface area contributed by atoms with Crippen LogP contribution in [0, 0.1) is 0 Å². The van der Waals surface area contributed by atoms with Gasteiger partial charge in [0, 0.05) is 43.2 Å². The summed E-state index contributed by atoms with van der Waals surface area (Å²) in [5.41, 5.74) is 4.29. The van der Waals surface area contributed by atoms with E-state index in [9.17, 15) is 4.79 Å². The van der Waals surface area contributed by atoms with Gasteiger partial charge < -0.3 is 20.1 Å². The maximum Gasteiger partial charge on any atom is 0.221 e. The Morgan fingerprint density at radius 2 is 2.00 bits per heavy atom. The lowest BCUT2D eigenvalue weighted by molar-refractivity contribution is -0.114. The van der Waals surface area contributed by atoms with Gasteiger partial charge in [0.2, 0.25) is 5.91 Å². The van der Waals surface area contributed by atoms with E-state index in [4.69, 9.17) is 9.47 Å².